The van der Waals surface area contributed by atoms with E-state index >= 15 is 0 Å². The van der Waals surface area contributed by atoms with Crippen molar-refractivity contribution in [2.45, 2.75) is 90.7 Å². The van der Waals surface area contributed by atoms with Crippen molar-refractivity contribution in [3.63, 3.8) is 0 Å². The topological polar surface area (TPSA) is 55.1 Å². The molecule has 0 bridgehead atoms. The smallest absolute Gasteiger partial charge is 0.156 e. The molecule has 0 unspecified atom stereocenters. The van der Waals surface area contributed by atoms with Gasteiger partial charge in [-0.15, -0.1) is 0 Å². The fraction of sp³-hybridized carbons (Fsp3) is 0.724. The SMILES string of the molecule is C[C@@]1(O)CC[C@@]2(C)[C@H](CC[C@@H]3[C@@H]2CC[C@]2(C)[C@@H](C(=O)Cn4cnc5ccc(Cl)cc54)CC[C@@H]32)C1. The first-order chi connectivity index (χ1) is 16.1. The summed E-state index contributed by atoms with van der Waals surface area (Å²) < 4.78 is 1.99. The average Bonchev–Trinajstić information content (AvgIpc) is 3.34. The van der Waals surface area contributed by atoms with Crippen LogP contribution in [-0.4, -0.2) is 26.0 Å². The third kappa shape index (κ3) is 3.42. The first kappa shape index (κ1) is 23.0. The standard InChI is InChI=1S/C29H39ClN2O2/c1-27(34)12-13-28(2)18(15-27)4-6-20-21-7-8-23(29(21,3)11-10-22(20)28)26(33)16-32-17-31-24-9-5-19(30)14-25(24)32/h5,9,14,17-18,20-23,34H,4,6-8,10-13,15-16H2,1-3H3/t18-,20+,21+,22+,23-,27-,28+,29+/m1/s1. The van der Waals surface area contributed by atoms with Gasteiger partial charge in [-0.25, -0.2) is 4.98 Å². The van der Waals surface area contributed by atoms with Crippen LogP contribution < -0.4 is 0 Å². The molecule has 4 saturated carbocycles. The van der Waals surface area contributed by atoms with E-state index < -0.39 is 5.60 Å². The van der Waals surface area contributed by atoms with Gasteiger partial charge in [-0.1, -0.05) is 25.4 Å². The Morgan fingerprint density at radius 3 is 2.68 bits per heavy atom. The lowest BCUT2D eigenvalue weighted by Crippen LogP contribution is -2.55. The van der Waals surface area contributed by atoms with Gasteiger partial charge in [-0.3, -0.25) is 4.79 Å². The van der Waals surface area contributed by atoms with Gasteiger partial charge in [0.15, 0.2) is 5.78 Å². The summed E-state index contributed by atoms with van der Waals surface area (Å²) in [6.07, 6.45) is 12.1. The van der Waals surface area contributed by atoms with Crippen molar-refractivity contribution in [2.75, 3.05) is 0 Å². The third-order valence-corrected chi connectivity index (χ3v) is 11.5. The van der Waals surface area contributed by atoms with Gasteiger partial charge in [0.05, 0.1) is 29.5 Å². The van der Waals surface area contributed by atoms with E-state index in [1.165, 1.54) is 32.1 Å². The number of Topliss-reactive ketones (excluding diaryl/α,β-unsaturated/α-hetero) is 1. The van der Waals surface area contributed by atoms with Crippen LogP contribution in [0.25, 0.3) is 11.0 Å². The predicted molar refractivity (Wildman–Crippen MR) is 136 cm³/mol. The Balaban J connectivity index is 1.22. The van der Waals surface area contributed by atoms with E-state index in [0.29, 0.717) is 34.6 Å². The van der Waals surface area contributed by atoms with Crippen LogP contribution in [0.5, 0.6) is 0 Å². The fourth-order valence-corrected chi connectivity index (χ4v) is 9.56. The molecule has 0 radical (unpaired) electrons. The number of benzene rings is 1. The maximum Gasteiger partial charge on any atom is 0.156 e. The molecule has 34 heavy (non-hydrogen) atoms. The summed E-state index contributed by atoms with van der Waals surface area (Å²) in [5.41, 5.74) is 1.85. The number of carbonyl (C=O) groups excluding carboxylic acids is 1. The first-order valence-electron chi connectivity index (χ1n) is 13.5. The van der Waals surface area contributed by atoms with Gasteiger partial charge >= 0.3 is 0 Å². The average molecular weight is 483 g/mol. The van der Waals surface area contributed by atoms with Gasteiger partial charge in [0.25, 0.3) is 0 Å². The van der Waals surface area contributed by atoms with Crippen LogP contribution in [0.3, 0.4) is 0 Å². The Morgan fingerprint density at radius 2 is 1.85 bits per heavy atom. The summed E-state index contributed by atoms with van der Waals surface area (Å²) in [7, 11) is 0. The summed E-state index contributed by atoms with van der Waals surface area (Å²) in [5, 5.41) is 11.4. The molecule has 184 valence electrons. The highest BCUT2D eigenvalue weighted by atomic mass is 35.5. The number of imidazole rings is 1. The molecule has 0 aliphatic heterocycles. The van der Waals surface area contributed by atoms with Crippen LogP contribution in [0.4, 0.5) is 0 Å². The molecule has 4 aliphatic rings. The number of carbonyl (C=O) groups is 1. The second kappa shape index (κ2) is 7.80. The summed E-state index contributed by atoms with van der Waals surface area (Å²) in [5.74, 6) is 3.34. The highest BCUT2D eigenvalue weighted by Crippen LogP contribution is 2.68. The lowest BCUT2D eigenvalue weighted by atomic mass is 9.44. The molecule has 5 heteroatoms. The molecule has 1 aromatic heterocycles. The monoisotopic (exact) mass is 482 g/mol. The van der Waals surface area contributed by atoms with Crippen molar-refractivity contribution < 1.29 is 9.90 Å². The minimum atomic E-state index is -0.479. The van der Waals surface area contributed by atoms with Gasteiger partial charge in [-0.05, 0) is 117 Å². The molecule has 0 amide bonds. The second-order valence-corrected chi connectivity index (χ2v) is 13.4. The number of rotatable bonds is 3. The van der Waals surface area contributed by atoms with Crippen LogP contribution in [0.1, 0.15) is 78.6 Å². The third-order valence-electron chi connectivity index (χ3n) is 11.3. The Bertz CT molecular complexity index is 1120. The molecule has 1 N–H and O–H groups in total. The largest absolute Gasteiger partial charge is 0.390 e. The van der Waals surface area contributed by atoms with Crippen LogP contribution >= 0.6 is 11.6 Å². The van der Waals surface area contributed by atoms with E-state index in [9.17, 15) is 9.90 Å². The number of aromatic nitrogens is 2. The maximum absolute atomic E-state index is 13.7. The first-order valence-corrected chi connectivity index (χ1v) is 13.8. The predicted octanol–water partition coefficient (Wildman–Crippen LogP) is 6.67. The van der Waals surface area contributed by atoms with Gasteiger partial charge in [0.2, 0.25) is 0 Å². The summed E-state index contributed by atoms with van der Waals surface area (Å²) in [6.45, 7) is 7.42. The van der Waals surface area contributed by atoms with Crippen LogP contribution in [0.2, 0.25) is 5.02 Å². The van der Waals surface area contributed by atoms with Crippen molar-refractivity contribution in [1.82, 2.24) is 9.55 Å². The quantitative estimate of drug-likeness (QED) is 0.531. The Kier molecular flexibility index (Phi) is 5.29. The number of aliphatic hydroxyl groups is 1. The van der Waals surface area contributed by atoms with Gasteiger partial charge in [0, 0.05) is 10.9 Å². The molecule has 4 nitrogen and oxygen atoms in total. The van der Waals surface area contributed by atoms with Crippen LogP contribution in [0.15, 0.2) is 24.5 Å². The van der Waals surface area contributed by atoms with E-state index in [-0.39, 0.29) is 11.3 Å². The zero-order valence-corrected chi connectivity index (χ0v) is 21.7. The number of ketones is 1. The number of hydrogen-bond acceptors (Lipinski definition) is 3. The minimum Gasteiger partial charge on any atom is -0.390 e. The van der Waals surface area contributed by atoms with E-state index in [2.05, 4.69) is 18.8 Å². The van der Waals surface area contributed by atoms with E-state index in [1.807, 2.05) is 29.7 Å². The van der Waals surface area contributed by atoms with Gasteiger partial charge in [0.1, 0.15) is 0 Å². The minimum absolute atomic E-state index is 0.121. The number of hydrogen-bond donors (Lipinski definition) is 1. The zero-order valence-electron chi connectivity index (χ0n) is 20.9. The number of halogens is 1. The van der Waals surface area contributed by atoms with Crippen molar-refractivity contribution in [1.29, 1.82) is 0 Å². The Labute approximate surface area is 208 Å². The maximum atomic E-state index is 13.7. The molecule has 6 rings (SSSR count). The Morgan fingerprint density at radius 1 is 1.06 bits per heavy atom. The number of nitrogens with zero attached hydrogens (tertiary/aromatic N) is 2. The second-order valence-electron chi connectivity index (χ2n) is 13.0. The molecular weight excluding hydrogens is 444 g/mol. The number of fused-ring (bicyclic) bond motifs is 6. The summed E-state index contributed by atoms with van der Waals surface area (Å²) in [6, 6.07) is 5.70. The van der Waals surface area contributed by atoms with Crippen molar-refractivity contribution in [3.05, 3.63) is 29.5 Å². The molecule has 2 aromatic rings. The van der Waals surface area contributed by atoms with Crippen LogP contribution in [-0.2, 0) is 11.3 Å². The Hall–Kier alpha value is -1.39. The van der Waals surface area contributed by atoms with E-state index in [1.54, 1.807) is 6.33 Å². The van der Waals surface area contributed by atoms with E-state index in [0.717, 1.165) is 48.6 Å². The molecule has 4 aliphatic carbocycles. The highest BCUT2D eigenvalue weighted by Gasteiger charge is 2.61. The molecule has 1 aromatic carbocycles. The molecular formula is C29H39ClN2O2. The molecule has 8 atom stereocenters. The van der Waals surface area contributed by atoms with Crippen molar-refractivity contribution >= 4 is 28.4 Å². The highest BCUT2D eigenvalue weighted by molar-refractivity contribution is 6.31. The molecule has 0 saturated heterocycles. The van der Waals surface area contributed by atoms with Crippen LogP contribution in [0, 0.1) is 40.4 Å². The molecule has 1 heterocycles. The van der Waals surface area contributed by atoms with Gasteiger partial charge in [-0.2, -0.15) is 0 Å². The summed E-state index contributed by atoms with van der Waals surface area (Å²) in [4.78, 5) is 18.2. The summed E-state index contributed by atoms with van der Waals surface area (Å²) >= 11 is 6.22. The van der Waals surface area contributed by atoms with Crippen molar-refractivity contribution in [2.24, 2.45) is 40.4 Å². The molecule has 4 fully saturated rings. The lowest BCUT2D eigenvalue weighted by molar-refractivity contribution is -0.150. The molecule has 0 spiro atoms. The normalized spacial score (nSPS) is 43.9. The fourth-order valence-electron chi connectivity index (χ4n) is 9.39. The van der Waals surface area contributed by atoms with Gasteiger partial charge < -0.3 is 9.67 Å². The zero-order chi connectivity index (χ0) is 23.9. The lowest BCUT2D eigenvalue weighted by Gasteiger charge is -2.61. The van der Waals surface area contributed by atoms with Crippen molar-refractivity contribution in [3.8, 4) is 0 Å². The van der Waals surface area contributed by atoms with E-state index in [4.69, 9.17) is 11.6 Å².